The zero-order chi connectivity index (χ0) is 14.6. The van der Waals surface area contributed by atoms with Crippen LogP contribution in [0, 0.1) is 0 Å². The zero-order valence-electron chi connectivity index (χ0n) is 12.9. The third-order valence-corrected chi connectivity index (χ3v) is 4.57. The van der Waals surface area contributed by atoms with Crippen molar-refractivity contribution in [1.29, 1.82) is 0 Å². The van der Waals surface area contributed by atoms with Gasteiger partial charge in [0.1, 0.15) is 5.75 Å². The molecule has 0 spiro atoms. The molecule has 0 heterocycles. The first kappa shape index (κ1) is 14.6. The van der Waals surface area contributed by atoms with Crippen LogP contribution in [0.25, 0.3) is 11.1 Å². The van der Waals surface area contributed by atoms with Crippen molar-refractivity contribution in [3.63, 3.8) is 0 Å². The fraction of sp³-hybridized carbons (Fsp3) is 0.368. The smallest absolute Gasteiger partial charge is 0.118 e. The molecular weight excluding hydrogens is 244 g/mol. The van der Waals surface area contributed by atoms with Crippen molar-refractivity contribution in [1.82, 2.24) is 0 Å². The lowest BCUT2D eigenvalue weighted by Gasteiger charge is -2.27. The van der Waals surface area contributed by atoms with Crippen LogP contribution in [0.4, 0.5) is 0 Å². The predicted molar refractivity (Wildman–Crippen MR) is 86.4 cm³/mol. The Kier molecular flexibility index (Phi) is 4.49. The summed E-state index contributed by atoms with van der Waals surface area (Å²) in [5.74, 6) is 0.898. The quantitative estimate of drug-likeness (QED) is 0.701. The van der Waals surface area contributed by atoms with Gasteiger partial charge < -0.3 is 4.74 Å². The second kappa shape index (κ2) is 6.13. The van der Waals surface area contributed by atoms with E-state index in [0.29, 0.717) is 5.41 Å². The van der Waals surface area contributed by atoms with Crippen molar-refractivity contribution in [3.8, 4) is 16.9 Å². The van der Waals surface area contributed by atoms with Gasteiger partial charge in [0.15, 0.2) is 0 Å². The molecule has 2 aromatic rings. The van der Waals surface area contributed by atoms with Crippen molar-refractivity contribution in [2.75, 3.05) is 7.11 Å². The van der Waals surface area contributed by atoms with E-state index in [1.807, 2.05) is 12.1 Å². The Labute approximate surface area is 122 Å². The molecule has 0 amide bonds. The average Bonchev–Trinajstić information content (AvgIpc) is 2.54. The second-order valence-electron chi connectivity index (χ2n) is 5.57. The summed E-state index contributed by atoms with van der Waals surface area (Å²) in [6.07, 6.45) is 2.34. The molecule has 0 unspecified atom stereocenters. The third-order valence-electron chi connectivity index (χ3n) is 4.57. The fourth-order valence-corrected chi connectivity index (χ4v) is 2.51. The molecule has 0 aliphatic carbocycles. The van der Waals surface area contributed by atoms with Gasteiger partial charge in [-0.2, -0.15) is 0 Å². The molecule has 20 heavy (non-hydrogen) atoms. The Balaban J connectivity index is 2.27. The summed E-state index contributed by atoms with van der Waals surface area (Å²) in [4.78, 5) is 0. The maximum Gasteiger partial charge on any atom is 0.118 e. The average molecular weight is 268 g/mol. The molecule has 0 aromatic heterocycles. The summed E-state index contributed by atoms with van der Waals surface area (Å²) in [6, 6.07) is 17.2. The minimum absolute atomic E-state index is 0.290. The van der Waals surface area contributed by atoms with Gasteiger partial charge in [-0.05, 0) is 47.1 Å². The van der Waals surface area contributed by atoms with Gasteiger partial charge >= 0.3 is 0 Å². The van der Waals surface area contributed by atoms with Gasteiger partial charge in [-0.25, -0.2) is 0 Å². The van der Waals surface area contributed by atoms with E-state index < -0.39 is 0 Å². The van der Waals surface area contributed by atoms with Crippen molar-refractivity contribution in [3.05, 3.63) is 54.1 Å². The van der Waals surface area contributed by atoms with Gasteiger partial charge in [0.25, 0.3) is 0 Å². The Bertz CT molecular complexity index is 533. The summed E-state index contributed by atoms with van der Waals surface area (Å²) in [7, 11) is 1.69. The molecule has 0 saturated carbocycles. The van der Waals surface area contributed by atoms with Crippen LogP contribution in [0.2, 0.25) is 0 Å². The Morgan fingerprint density at radius 2 is 1.25 bits per heavy atom. The molecule has 0 aliphatic heterocycles. The van der Waals surface area contributed by atoms with Crippen molar-refractivity contribution < 1.29 is 4.74 Å². The maximum absolute atomic E-state index is 5.20. The number of ether oxygens (including phenoxy) is 1. The molecule has 0 bridgehead atoms. The lowest BCUT2D eigenvalue weighted by atomic mass is 9.77. The molecule has 0 aliphatic rings. The molecule has 0 saturated heterocycles. The van der Waals surface area contributed by atoms with Crippen LogP contribution in [0.15, 0.2) is 48.5 Å². The standard InChI is InChI=1S/C19H24O/c1-5-19(3,6-2)17-11-7-15(8-12-17)16-9-13-18(20-4)14-10-16/h7-14H,5-6H2,1-4H3. The molecule has 106 valence electrons. The highest BCUT2D eigenvalue weighted by molar-refractivity contribution is 5.64. The topological polar surface area (TPSA) is 9.23 Å². The zero-order valence-corrected chi connectivity index (χ0v) is 12.9. The van der Waals surface area contributed by atoms with Crippen LogP contribution < -0.4 is 4.74 Å². The molecule has 1 heteroatoms. The minimum Gasteiger partial charge on any atom is -0.497 e. The SMILES string of the molecule is CCC(C)(CC)c1ccc(-c2ccc(OC)cc2)cc1. The largest absolute Gasteiger partial charge is 0.497 e. The van der Waals surface area contributed by atoms with Gasteiger partial charge in [0, 0.05) is 0 Å². The number of rotatable bonds is 5. The number of methoxy groups -OCH3 is 1. The fourth-order valence-electron chi connectivity index (χ4n) is 2.51. The summed E-state index contributed by atoms with van der Waals surface area (Å²) < 4.78 is 5.20. The molecule has 0 radical (unpaired) electrons. The van der Waals surface area contributed by atoms with E-state index in [2.05, 4.69) is 57.2 Å². The van der Waals surface area contributed by atoms with Crippen LogP contribution in [0.5, 0.6) is 5.75 Å². The van der Waals surface area contributed by atoms with Crippen LogP contribution in [0.1, 0.15) is 39.2 Å². The number of hydrogen-bond acceptors (Lipinski definition) is 1. The lowest BCUT2D eigenvalue weighted by Crippen LogP contribution is -2.19. The highest BCUT2D eigenvalue weighted by Crippen LogP contribution is 2.32. The van der Waals surface area contributed by atoms with Crippen LogP contribution in [0.3, 0.4) is 0 Å². The van der Waals surface area contributed by atoms with Gasteiger partial charge in [-0.15, -0.1) is 0 Å². The molecule has 1 nitrogen and oxygen atoms in total. The first-order valence-electron chi connectivity index (χ1n) is 7.38. The van der Waals surface area contributed by atoms with E-state index in [1.54, 1.807) is 7.11 Å². The molecule has 0 atom stereocenters. The number of hydrogen-bond donors (Lipinski definition) is 0. The Morgan fingerprint density at radius 1 is 0.800 bits per heavy atom. The van der Waals surface area contributed by atoms with Crippen LogP contribution >= 0.6 is 0 Å². The summed E-state index contributed by atoms with van der Waals surface area (Å²) in [6.45, 7) is 6.87. The normalized spacial score (nSPS) is 11.4. The molecule has 2 aromatic carbocycles. The summed E-state index contributed by atoms with van der Waals surface area (Å²) >= 11 is 0. The van der Waals surface area contributed by atoms with E-state index in [0.717, 1.165) is 5.75 Å². The second-order valence-corrected chi connectivity index (χ2v) is 5.57. The molecule has 0 N–H and O–H groups in total. The van der Waals surface area contributed by atoms with Crippen LogP contribution in [-0.2, 0) is 5.41 Å². The minimum atomic E-state index is 0.290. The highest BCUT2D eigenvalue weighted by Gasteiger charge is 2.21. The Morgan fingerprint density at radius 3 is 1.65 bits per heavy atom. The van der Waals surface area contributed by atoms with Crippen molar-refractivity contribution in [2.24, 2.45) is 0 Å². The van der Waals surface area contributed by atoms with Gasteiger partial charge in [-0.1, -0.05) is 57.2 Å². The van der Waals surface area contributed by atoms with E-state index in [9.17, 15) is 0 Å². The molecular formula is C19H24O. The Hall–Kier alpha value is -1.76. The van der Waals surface area contributed by atoms with E-state index in [1.165, 1.54) is 29.5 Å². The summed E-state index contributed by atoms with van der Waals surface area (Å²) in [5.41, 5.74) is 4.20. The predicted octanol–water partition coefficient (Wildman–Crippen LogP) is 5.44. The molecule has 0 fully saturated rings. The third kappa shape index (κ3) is 2.87. The van der Waals surface area contributed by atoms with Gasteiger partial charge in [-0.3, -0.25) is 0 Å². The monoisotopic (exact) mass is 268 g/mol. The van der Waals surface area contributed by atoms with E-state index in [-0.39, 0.29) is 0 Å². The van der Waals surface area contributed by atoms with Crippen molar-refractivity contribution >= 4 is 0 Å². The number of benzene rings is 2. The highest BCUT2D eigenvalue weighted by atomic mass is 16.5. The van der Waals surface area contributed by atoms with E-state index >= 15 is 0 Å². The summed E-state index contributed by atoms with van der Waals surface area (Å²) in [5, 5.41) is 0. The van der Waals surface area contributed by atoms with E-state index in [4.69, 9.17) is 4.74 Å². The van der Waals surface area contributed by atoms with Gasteiger partial charge in [0.2, 0.25) is 0 Å². The molecule has 2 rings (SSSR count). The first-order valence-corrected chi connectivity index (χ1v) is 7.38. The van der Waals surface area contributed by atoms with Crippen LogP contribution in [-0.4, -0.2) is 7.11 Å². The maximum atomic E-state index is 5.20. The van der Waals surface area contributed by atoms with Crippen molar-refractivity contribution in [2.45, 2.75) is 39.0 Å². The lowest BCUT2D eigenvalue weighted by molar-refractivity contribution is 0.415. The van der Waals surface area contributed by atoms with Gasteiger partial charge in [0.05, 0.1) is 7.11 Å². The first-order chi connectivity index (χ1) is 9.62.